The topological polar surface area (TPSA) is 0 Å². The van der Waals surface area contributed by atoms with Crippen LogP contribution in [0.25, 0.3) is 54.9 Å². The van der Waals surface area contributed by atoms with Crippen LogP contribution < -0.4 is 0 Å². The van der Waals surface area contributed by atoms with E-state index in [1.807, 2.05) is 0 Å². The van der Waals surface area contributed by atoms with Crippen molar-refractivity contribution >= 4 is 53.4 Å². The normalized spacial score (nSPS) is 11.9. The fourth-order valence-electron chi connectivity index (χ4n) is 4.58. The van der Waals surface area contributed by atoms with Crippen LogP contribution in [-0.2, 0) is 0 Å². The number of fused-ring (bicyclic) bond motifs is 5. The Labute approximate surface area is 180 Å². The summed E-state index contributed by atoms with van der Waals surface area (Å²) in [5.41, 5.74) is 7.85. The second kappa shape index (κ2) is 6.04. The summed E-state index contributed by atoms with van der Waals surface area (Å²) >= 11 is 7.46. The molecule has 0 N–H and O–H groups in total. The Morgan fingerprint density at radius 1 is 0.500 bits per heavy atom. The van der Waals surface area contributed by atoms with Crippen LogP contribution in [0.3, 0.4) is 0 Å². The molecule has 0 unspecified atom stereocenters. The summed E-state index contributed by atoms with van der Waals surface area (Å²) < 4.78 is 2.23. The molecule has 6 rings (SSSR count). The lowest BCUT2D eigenvalue weighted by atomic mass is 9.89. The Morgan fingerprint density at radius 2 is 1.21 bits per heavy atom. The molecule has 2 heteroatoms. The number of hydrogen-bond acceptors (Lipinski definition) is 0. The lowest BCUT2D eigenvalue weighted by molar-refractivity contribution is 1.60. The number of rotatable bonds is 1. The third-order valence-electron chi connectivity index (χ3n) is 5.71. The molecule has 1 aliphatic rings. The average molecular weight is 486 g/mol. The quantitative estimate of drug-likeness (QED) is 0.218. The van der Waals surface area contributed by atoms with Crippen molar-refractivity contribution in [1.82, 2.24) is 0 Å². The predicted octanol–water partition coefficient (Wildman–Crippen LogP) is 8.83. The van der Waals surface area contributed by atoms with Gasteiger partial charge in [0.25, 0.3) is 0 Å². The van der Waals surface area contributed by atoms with Gasteiger partial charge in [0, 0.05) is 8.95 Å². The van der Waals surface area contributed by atoms with Crippen LogP contribution in [0.15, 0.2) is 93.9 Å². The van der Waals surface area contributed by atoms with Crippen molar-refractivity contribution in [3.05, 3.63) is 93.9 Å². The van der Waals surface area contributed by atoms with Crippen LogP contribution >= 0.6 is 31.9 Å². The Kier molecular flexibility index (Phi) is 3.56. The summed E-state index contributed by atoms with van der Waals surface area (Å²) in [6, 6.07) is 30.7. The summed E-state index contributed by atoms with van der Waals surface area (Å²) in [5, 5.41) is 5.22. The Morgan fingerprint density at radius 3 is 2.00 bits per heavy atom. The van der Waals surface area contributed by atoms with Crippen LogP contribution in [-0.4, -0.2) is 0 Å². The van der Waals surface area contributed by atoms with Crippen molar-refractivity contribution in [3.63, 3.8) is 0 Å². The molecule has 0 heterocycles. The zero-order chi connectivity index (χ0) is 18.8. The van der Waals surface area contributed by atoms with Crippen LogP contribution in [0.1, 0.15) is 0 Å². The average Bonchev–Trinajstić information content (AvgIpc) is 3.05. The second-order valence-corrected chi connectivity index (χ2v) is 9.00. The molecule has 1 aliphatic carbocycles. The van der Waals surface area contributed by atoms with E-state index in [2.05, 4.69) is 117 Å². The van der Waals surface area contributed by atoms with E-state index >= 15 is 0 Å². The molecule has 0 spiro atoms. The highest BCUT2D eigenvalue weighted by atomic mass is 79.9. The van der Waals surface area contributed by atoms with Gasteiger partial charge in [-0.1, -0.05) is 92.5 Å². The summed E-state index contributed by atoms with van der Waals surface area (Å²) in [4.78, 5) is 0. The molecular weight excluding hydrogens is 472 g/mol. The minimum Gasteiger partial charge on any atom is -0.0616 e. The van der Waals surface area contributed by atoms with Gasteiger partial charge >= 0.3 is 0 Å². The van der Waals surface area contributed by atoms with Crippen LogP contribution in [0, 0.1) is 0 Å². The number of hydrogen-bond donors (Lipinski definition) is 0. The molecule has 0 nitrogen and oxygen atoms in total. The Hall–Kier alpha value is -2.42. The third-order valence-corrected chi connectivity index (χ3v) is 6.90. The van der Waals surface area contributed by atoms with Gasteiger partial charge in [0.15, 0.2) is 0 Å². The maximum Gasteiger partial charge on any atom is 0.0253 e. The van der Waals surface area contributed by atoms with Crippen LogP contribution in [0.2, 0.25) is 0 Å². The van der Waals surface area contributed by atoms with Gasteiger partial charge in [0.2, 0.25) is 0 Å². The number of halogens is 2. The highest BCUT2D eigenvalue weighted by Crippen LogP contribution is 2.54. The first-order valence-corrected chi connectivity index (χ1v) is 10.8. The fourth-order valence-corrected chi connectivity index (χ4v) is 5.44. The summed E-state index contributed by atoms with van der Waals surface area (Å²) in [5.74, 6) is 0. The molecular formula is C26H14Br2. The molecule has 0 aliphatic heterocycles. The smallest absolute Gasteiger partial charge is 0.0253 e. The summed E-state index contributed by atoms with van der Waals surface area (Å²) in [6.45, 7) is 0. The van der Waals surface area contributed by atoms with Gasteiger partial charge in [-0.3, -0.25) is 0 Å². The van der Waals surface area contributed by atoms with Gasteiger partial charge in [0.1, 0.15) is 0 Å². The first-order chi connectivity index (χ1) is 13.7. The molecule has 28 heavy (non-hydrogen) atoms. The van der Waals surface area contributed by atoms with Gasteiger partial charge in [-0.15, -0.1) is 0 Å². The molecule has 132 valence electrons. The zero-order valence-corrected chi connectivity index (χ0v) is 18.0. The molecule has 0 radical (unpaired) electrons. The molecule has 0 aromatic heterocycles. The molecule has 0 fully saturated rings. The molecule has 0 amide bonds. The number of benzene rings is 5. The van der Waals surface area contributed by atoms with Crippen molar-refractivity contribution in [2.45, 2.75) is 0 Å². The lowest BCUT2D eigenvalue weighted by Gasteiger charge is -2.15. The SMILES string of the molecule is Brc1ccc2cc(-c3ccccc3Br)c3c(c2c1)-c1cccc2cccc-3c12. The zero-order valence-electron chi connectivity index (χ0n) is 14.8. The highest BCUT2D eigenvalue weighted by molar-refractivity contribution is 9.10. The van der Waals surface area contributed by atoms with Gasteiger partial charge in [0.05, 0.1) is 0 Å². The first kappa shape index (κ1) is 16.5. The molecule has 5 aromatic rings. The van der Waals surface area contributed by atoms with Crippen LogP contribution in [0.4, 0.5) is 0 Å². The van der Waals surface area contributed by atoms with Gasteiger partial charge in [-0.05, 0) is 79.2 Å². The summed E-state index contributed by atoms with van der Waals surface area (Å²) in [7, 11) is 0. The maximum atomic E-state index is 3.78. The Bertz CT molecular complexity index is 1420. The van der Waals surface area contributed by atoms with Gasteiger partial charge in [-0.25, -0.2) is 0 Å². The molecule has 0 bridgehead atoms. The first-order valence-electron chi connectivity index (χ1n) is 9.26. The molecule has 0 atom stereocenters. The molecule has 0 saturated carbocycles. The van der Waals surface area contributed by atoms with Crippen molar-refractivity contribution in [2.24, 2.45) is 0 Å². The van der Waals surface area contributed by atoms with Crippen molar-refractivity contribution in [2.75, 3.05) is 0 Å². The van der Waals surface area contributed by atoms with E-state index in [1.165, 1.54) is 54.9 Å². The third kappa shape index (κ3) is 2.22. The molecule has 5 aromatic carbocycles. The molecule has 0 saturated heterocycles. The largest absolute Gasteiger partial charge is 0.0616 e. The van der Waals surface area contributed by atoms with E-state index in [4.69, 9.17) is 0 Å². The standard InChI is InChI=1S/C26H14Br2/c27-17-12-11-16-13-22(18-7-1-2-10-23(18)28)26-20-9-4-6-15-5-3-8-19(24(15)20)25(26)21(16)14-17/h1-14H. The van der Waals surface area contributed by atoms with E-state index in [1.54, 1.807) is 0 Å². The minimum absolute atomic E-state index is 1.11. The van der Waals surface area contributed by atoms with E-state index in [9.17, 15) is 0 Å². The Balaban J connectivity index is 1.87. The van der Waals surface area contributed by atoms with Crippen molar-refractivity contribution < 1.29 is 0 Å². The predicted molar refractivity (Wildman–Crippen MR) is 127 cm³/mol. The van der Waals surface area contributed by atoms with Crippen molar-refractivity contribution in [3.8, 4) is 33.4 Å². The second-order valence-electron chi connectivity index (χ2n) is 7.23. The fraction of sp³-hybridized carbons (Fsp3) is 0. The monoisotopic (exact) mass is 484 g/mol. The summed E-state index contributed by atoms with van der Waals surface area (Å²) in [6.07, 6.45) is 0. The van der Waals surface area contributed by atoms with E-state index in [0.29, 0.717) is 0 Å². The van der Waals surface area contributed by atoms with E-state index in [-0.39, 0.29) is 0 Å². The minimum atomic E-state index is 1.11. The van der Waals surface area contributed by atoms with Crippen molar-refractivity contribution in [1.29, 1.82) is 0 Å². The van der Waals surface area contributed by atoms with E-state index < -0.39 is 0 Å². The van der Waals surface area contributed by atoms with Crippen LogP contribution in [0.5, 0.6) is 0 Å². The van der Waals surface area contributed by atoms with Gasteiger partial charge in [-0.2, -0.15) is 0 Å². The lowest BCUT2D eigenvalue weighted by Crippen LogP contribution is -1.89. The van der Waals surface area contributed by atoms with E-state index in [0.717, 1.165) is 8.95 Å². The highest BCUT2D eigenvalue weighted by Gasteiger charge is 2.27. The maximum absolute atomic E-state index is 3.78. The van der Waals surface area contributed by atoms with Gasteiger partial charge < -0.3 is 0 Å².